The van der Waals surface area contributed by atoms with Crippen LogP contribution in [0.5, 0.6) is 0 Å². The van der Waals surface area contributed by atoms with E-state index in [0.29, 0.717) is 13.0 Å². The van der Waals surface area contributed by atoms with Crippen LogP contribution in [0.2, 0.25) is 0 Å². The van der Waals surface area contributed by atoms with E-state index in [1.54, 1.807) is 11.1 Å². The van der Waals surface area contributed by atoms with Crippen molar-refractivity contribution in [3.05, 3.63) is 41.7 Å². The van der Waals surface area contributed by atoms with Gasteiger partial charge in [-0.1, -0.05) is 31.2 Å². The minimum atomic E-state index is -3.02. The summed E-state index contributed by atoms with van der Waals surface area (Å²) in [7, 11) is -3.02. The molecule has 158 valence electrons. The van der Waals surface area contributed by atoms with E-state index in [2.05, 4.69) is 37.9 Å². The highest BCUT2D eigenvalue weighted by atomic mass is 32.2. The summed E-state index contributed by atoms with van der Waals surface area (Å²) in [4.78, 5) is 19.2. The Morgan fingerprint density at radius 1 is 1.31 bits per heavy atom. The minimum Gasteiger partial charge on any atom is -0.338 e. The molecule has 0 spiro atoms. The van der Waals surface area contributed by atoms with E-state index in [4.69, 9.17) is 0 Å². The molecule has 1 atom stereocenters. The van der Waals surface area contributed by atoms with E-state index in [0.717, 1.165) is 23.7 Å². The molecule has 2 aromatic rings. The summed E-state index contributed by atoms with van der Waals surface area (Å²) < 4.78 is 25.8. The molecule has 0 N–H and O–H groups in total. The Kier molecular flexibility index (Phi) is 7.05. The van der Waals surface area contributed by atoms with Gasteiger partial charge in [0.1, 0.15) is 0 Å². The van der Waals surface area contributed by atoms with E-state index >= 15 is 0 Å². The van der Waals surface area contributed by atoms with Crippen LogP contribution in [0.25, 0.3) is 5.69 Å². The fraction of sp³-hybridized carbons (Fsp3) is 0.524. The van der Waals surface area contributed by atoms with Gasteiger partial charge in [0, 0.05) is 30.7 Å². The van der Waals surface area contributed by atoms with Crippen LogP contribution >= 0.6 is 11.8 Å². The summed E-state index contributed by atoms with van der Waals surface area (Å²) >= 11 is 1.40. The predicted molar refractivity (Wildman–Crippen MR) is 117 cm³/mol. The van der Waals surface area contributed by atoms with Crippen LogP contribution < -0.4 is 0 Å². The third-order valence-corrected chi connectivity index (χ3v) is 8.12. The second kappa shape index (κ2) is 9.34. The quantitative estimate of drug-likeness (QED) is 0.594. The van der Waals surface area contributed by atoms with Crippen molar-refractivity contribution in [2.24, 2.45) is 0 Å². The number of amides is 1. The van der Waals surface area contributed by atoms with Crippen molar-refractivity contribution in [2.75, 3.05) is 23.8 Å². The Morgan fingerprint density at radius 3 is 2.76 bits per heavy atom. The first-order valence-electron chi connectivity index (χ1n) is 10.0. The summed E-state index contributed by atoms with van der Waals surface area (Å²) in [5.74, 6) is 0.505. The van der Waals surface area contributed by atoms with Gasteiger partial charge >= 0.3 is 0 Å². The molecule has 1 fully saturated rings. The molecule has 2 heterocycles. The number of benzene rings is 1. The molecular weight excluding hydrogens is 406 g/mol. The second-order valence-electron chi connectivity index (χ2n) is 7.63. The SMILES string of the molecule is CCCCN(C(=O)CSc1nccn1-c1ccc(C)c(C)c1)C1CCS(=O)(=O)C1. The number of hydrogen-bond acceptors (Lipinski definition) is 5. The van der Waals surface area contributed by atoms with Gasteiger partial charge in [-0.25, -0.2) is 13.4 Å². The van der Waals surface area contributed by atoms with Gasteiger partial charge in [-0.3, -0.25) is 9.36 Å². The van der Waals surface area contributed by atoms with Crippen molar-refractivity contribution >= 4 is 27.5 Å². The van der Waals surface area contributed by atoms with Crippen molar-refractivity contribution in [3.8, 4) is 5.69 Å². The lowest BCUT2D eigenvalue weighted by Gasteiger charge is -2.28. The average molecular weight is 436 g/mol. The van der Waals surface area contributed by atoms with Crippen molar-refractivity contribution < 1.29 is 13.2 Å². The molecule has 1 amide bonds. The van der Waals surface area contributed by atoms with Crippen LogP contribution in [0.15, 0.2) is 35.7 Å². The number of hydrogen-bond donors (Lipinski definition) is 0. The maximum absolute atomic E-state index is 13.0. The molecule has 0 aliphatic carbocycles. The van der Waals surface area contributed by atoms with Crippen molar-refractivity contribution in [1.29, 1.82) is 0 Å². The normalized spacial score (nSPS) is 18.1. The molecule has 1 aliphatic heterocycles. The van der Waals surface area contributed by atoms with Gasteiger partial charge in [-0.15, -0.1) is 0 Å². The van der Waals surface area contributed by atoms with E-state index in [1.165, 1.54) is 22.9 Å². The summed E-state index contributed by atoms with van der Waals surface area (Å²) in [6, 6.07) is 6.04. The standard InChI is InChI=1S/C21H29N3O3S2/c1-4-5-10-23(19-8-12-29(26,27)15-19)20(25)14-28-21-22-9-11-24(21)18-7-6-16(2)17(3)13-18/h6-7,9,11,13,19H,4-5,8,10,12,14-15H2,1-3H3. The maximum Gasteiger partial charge on any atom is 0.233 e. The van der Waals surface area contributed by atoms with Crippen LogP contribution in [0.4, 0.5) is 0 Å². The Morgan fingerprint density at radius 2 is 2.10 bits per heavy atom. The lowest BCUT2D eigenvalue weighted by Crippen LogP contribution is -2.42. The summed E-state index contributed by atoms with van der Waals surface area (Å²) in [5.41, 5.74) is 3.46. The summed E-state index contributed by atoms with van der Waals surface area (Å²) in [6.45, 7) is 6.84. The first-order chi connectivity index (χ1) is 13.8. The van der Waals surface area contributed by atoms with Crippen molar-refractivity contribution in [3.63, 3.8) is 0 Å². The zero-order valence-corrected chi connectivity index (χ0v) is 18.9. The van der Waals surface area contributed by atoms with Crippen LogP contribution in [0.3, 0.4) is 0 Å². The smallest absolute Gasteiger partial charge is 0.233 e. The van der Waals surface area contributed by atoms with Crippen molar-refractivity contribution in [1.82, 2.24) is 14.5 Å². The number of aromatic nitrogens is 2. The molecular formula is C21H29N3O3S2. The highest BCUT2D eigenvalue weighted by Crippen LogP contribution is 2.24. The van der Waals surface area contributed by atoms with E-state index in [9.17, 15) is 13.2 Å². The number of nitrogens with zero attached hydrogens (tertiary/aromatic N) is 3. The highest BCUT2D eigenvalue weighted by Gasteiger charge is 2.34. The lowest BCUT2D eigenvalue weighted by atomic mass is 10.1. The van der Waals surface area contributed by atoms with Crippen molar-refractivity contribution in [2.45, 2.75) is 51.2 Å². The molecule has 29 heavy (non-hydrogen) atoms. The number of rotatable bonds is 8. The van der Waals surface area contributed by atoms with Crippen LogP contribution in [0.1, 0.15) is 37.3 Å². The molecule has 8 heteroatoms. The molecule has 3 rings (SSSR count). The molecule has 1 aliphatic rings. The number of unbranched alkanes of at least 4 members (excludes halogenated alkanes) is 1. The van der Waals surface area contributed by atoms with Gasteiger partial charge in [0.25, 0.3) is 0 Å². The Hall–Kier alpha value is -1.80. The van der Waals surface area contributed by atoms with Crippen LogP contribution in [-0.2, 0) is 14.6 Å². The van der Waals surface area contributed by atoms with Gasteiger partial charge in [0.15, 0.2) is 15.0 Å². The number of imidazole rings is 1. The average Bonchev–Trinajstić information content (AvgIpc) is 3.28. The van der Waals surface area contributed by atoms with Gasteiger partial charge in [-0.2, -0.15) is 0 Å². The molecule has 6 nitrogen and oxygen atoms in total. The van der Waals surface area contributed by atoms with E-state index in [-0.39, 0.29) is 29.2 Å². The molecule has 1 aromatic carbocycles. The number of carbonyl (C=O) groups is 1. The lowest BCUT2D eigenvalue weighted by molar-refractivity contribution is -0.130. The third-order valence-electron chi connectivity index (χ3n) is 5.42. The maximum atomic E-state index is 13.0. The molecule has 1 saturated heterocycles. The zero-order valence-electron chi connectivity index (χ0n) is 17.3. The number of aryl methyl sites for hydroxylation is 2. The van der Waals surface area contributed by atoms with E-state index in [1.807, 2.05) is 16.8 Å². The Labute approximate surface area is 177 Å². The number of carbonyl (C=O) groups excluding carboxylic acids is 1. The third kappa shape index (κ3) is 5.42. The summed E-state index contributed by atoms with van der Waals surface area (Å²) in [5, 5.41) is 0.760. The van der Waals surface area contributed by atoms with Crippen LogP contribution in [-0.4, -0.2) is 58.6 Å². The fourth-order valence-electron chi connectivity index (χ4n) is 3.54. The molecule has 1 aromatic heterocycles. The van der Waals surface area contributed by atoms with Gasteiger partial charge in [-0.05, 0) is 49.9 Å². The first kappa shape index (κ1) is 21.9. The van der Waals surface area contributed by atoms with Gasteiger partial charge < -0.3 is 4.90 Å². The Balaban J connectivity index is 1.70. The summed E-state index contributed by atoms with van der Waals surface area (Å²) in [6.07, 6.45) is 6.02. The van der Waals surface area contributed by atoms with Crippen LogP contribution in [0, 0.1) is 13.8 Å². The first-order valence-corrected chi connectivity index (χ1v) is 12.8. The number of thioether (sulfide) groups is 1. The minimum absolute atomic E-state index is 0.0137. The molecule has 1 unspecified atom stereocenters. The topological polar surface area (TPSA) is 72.3 Å². The molecule has 0 bridgehead atoms. The van der Waals surface area contributed by atoms with E-state index < -0.39 is 9.84 Å². The van der Waals surface area contributed by atoms with Gasteiger partial charge in [0.05, 0.1) is 17.3 Å². The molecule has 0 radical (unpaired) electrons. The fourth-order valence-corrected chi connectivity index (χ4v) is 6.13. The van der Waals surface area contributed by atoms with Gasteiger partial charge in [0.2, 0.25) is 5.91 Å². The number of sulfone groups is 1. The molecule has 0 saturated carbocycles. The highest BCUT2D eigenvalue weighted by molar-refractivity contribution is 7.99. The monoisotopic (exact) mass is 435 g/mol. The second-order valence-corrected chi connectivity index (χ2v) is 10.8. The largest absolute Gasteiger partial charge is 0.338 e. The zero-order chi connectivity index (χ0) is 21.0. The predicted octanol–water partition coefficient (Wildman–Crippen LogP) is 3.40. The Bertz CT molecular complexity index is 969.